The Hall–Kier alpha value is -1.44. The van der Waals surface area contributed by atoms with Crippen LogP contribution in [0.3, 0.4) is 0 Å². The van der Waals surface area contributed by atoms with E-state index in [1.165, 1.54) is 4.31 Å². The van der Waals surface area contributed by atoms with Gasteiger partial charge in [-0.2, -0.15) is 4.31 Å². The largest absolute Gasteiger partial charge is 0.480 e. The number of carbonyl (C=O) groups is 1. The summed E-state index contributed by atoms with van der Waals surface area (Å²) in [4.78, 5) is 12.7. The maximum atomic E-state index is 12.6. The highest BCUT2D eigenvalue weighted by molar-refractivity contribution is 7.89. The maximum Gasteiger partial charge on any atom is 0.317 e. The predicted octanol–water partition coefficient (Wildman–Crippen LogP) is 0.694. The fraction of sp³-hybridized carbons (Fsp3) is 0.500. The van der Waals surface area contributed by atoms with E-state index in [1.807, 2.05) is 13.0 Å². The molecule has 1 fully saturated rings. The third kappa shape index (κ3) is 3.61. The number of nitrogens with zero attached hydrogens (tertiary/aromatic N) is 2. The number of aliphatic carboxylic acids is 1. The predicted molar refractivity (Wildman–Crippen MR) is 78.8 cm³/mol. The molecule has 1 saturated heterocycles. The molecule has 1 aromatic carbocycles. The number of carboxylic acid groups (broad SMARTS) is 1. The van der Waals surface area contributed by atoms with E-state index in [1.54, 1.807) is 24.0 Å². The lowest BCUT2D eigenvalue weighted by Gasteiger charge is -2.33. The van der Waals surface area contributed by atoms with Crippen LogP contribution < -0.4 is 0 Å². The Morgan fingerprint density at radius 1 is 1.19 bits per heavy atom. The maximum absolute atomic E-state index is 12.6. The van der Waals surface area contributed by atoms with Crippen LogP contribution in [0.2, 0.25) is 0 Å². The number of rotatable bonds is 4. The molecule has 21 heavy (non-hydrogen) atoms. The van der Waals surface area contributed by atoms with Crippen molar-refractivity contribution >= 4 is 16.0 Å². The molecule has 0 aromatic heterocycles. The van der Waals surface area contributed by atoms with E-state index in [2.05, 4.69) is 0 Å². The summed E-state index contributed by atoms with van der Waals surface area (Å²) in [6.07, 6.45) is 0. The molecular formula is C14H20N2O4S. The molecular weight excluding hydrogens is 292 g/mol. The second-order valence-corrected chi connectivity index (χ2v) is 7.25. The summed E-state index contributed by atoms with van der Waals surface area (Å²) in [5, 5.41) is 8.76. The second-order valence-electron chi connectivity index (χ2n) is 5.34. The first kappa shape index (κ1) is 15.9. The Labute approximate surface area is 125 Å². The van der Waals surface area contributed by atoms with Gasteiger partial charge in [0, 0.05) is 26.2 Å². The zero-order chi connectivity index (χ0) is 15.6. The summed E-state index contributed by atoms with van der Waals surface area (Å²) in [6, 6.07) is 5.29. The number of carboxylic acids is 1. The molecule has 2 rings (SSSR count). The fourth-order valence-corrected chi connectivity index (χ4v) is 4.18. The summed E-state index contributed by atoms with van der Waals surface area (Å²) in [5.74, 6) is -0.888. The highest BCUT2D eigenvalue weighted by Crippen LogP contribution is 2.22. The quantitative estimate of drug-likeness (QED) is 0.885. The molecule has 7 heteroatoms. The van der Waals surface area contributed by atoms with Crippen LogP contribution in [0.4, 0.5) is 0 Å². The molecule has 1 aromatic rings. The Morgan fingerprint density at radius 2 is 1.81 bits per heavy atom. The van der Waals surface area contributed by atoms with Crippen LogP contribution in [0.15, 0.2) is 23.1 Å². The molecule has 0 saturated carbocycles. The van der Waals surface area contributed by atoms with Crippen LogP contribution in [-0.2, 0) is 14.8 Å². The third-order valence-corrected chi connectivity index (χ3v) is 5.70. The minimum atomic E-state index is -3.50. The molecule has 0 spiro atoms. The van der Waals surface area contributed by atoms with Crippen molar-refractivity contribution in [2.75, 3.05) is 32.7 Å². The Balaban J connectivity index is 2.13. The lowest BCUT2D eigenvalue weighted by Crippen LogP contribution is -2.49. The molecule has 116 valence electrons. The zero-order valence-corrected chi connectivity index (χ0v) is 13.1. The van der Waals surface area contributed by atoms with Gasteiger partial charge in [-0.15, -0.1) is 0 Å². The number of hydrogen-bond acceptors (Lipinski definition) is 4. The van der Waals surface area contributed by atoms with E-state index in [-0.39, 0.29) is 6.54 Å². The first-order valence-electron chi connectivity index (χ1n) is 6.82. The Morgan fingerprint density at radius 3 is 2.33 bits per heavy atom. The first-order valence-corrected chi connectivity index (χ1v) is 8.26. The van der Waals surface area contributed by atoms with Crippen LogP contribution in [0.5, 0.6) is 0 Å². The van der Waals surface area contributed by atoms with Gasteiger partial charge >= 0.3 is 5.97 Å². The van der Waals surface area contributed by atoms with Crippen LogP contribution in [-0.4, -0.2) is 61.4 Å². The molecule has 0 amide bonds. The minimum Gasteiger partial charge on any atom is -0.480 e. The summed E-state index contributed by atoms with van der Waals surface area (Å²) in [5.41, 5.74) is 1.76. The van der Waals surface area contributed by atoms with Gasteiger partial charge in [-0.25, -0.2) is 8.42 Å². The summed E-state index contributed by atoms with van der Waals surface area (Å²) >= 11 is 0. The average molecular weight is 312 g/mol. The van der Waals surface area contributed by atoms with Gasteiger partial charge in [0.15, 0.2) is 0 Å². The van der Waals surface area contributed by atoms with E-state index in [9.17, 15) is 13.2 Å². The van der Waals surface area contributed by atoms with Gasteiger partial charge in [0.1, 0.15) is 0 Å². The van der Waals surface area contributed by atoms with E-state index < -0.39 is 16.0 Å². The van der Waals surface area contributed by atoms with Gasteiger partial charge in [0.25, 0.3) is 0 Å². The van der Waals surface area contributed by atoms with Gasteiger partial charge < -0.3 is 5.11 Å². The van der Waals surface area contributed by atoms with Gasteiger partial charge in [-0.1, -0.05) is 17.7 Å². The minimum absolute atomic E-state index is 0.0442. The molecule has 0 bridgehead atoms. The molecule has 0 aliphatic carbocycles. The summed E-state index contributed by atoms with van der Waals surface area (Å²) in [7, 11) is -3.50. The van der Waals surface area contributed by atoms with Crippen molar-refractivity contribution in [3.05, 3.63) is 29.3 Å². The van der Waals surface area contributed by atoms with Crippen molar-refractivity contribution in [3.8, 4) is 0 Å². The average Bonchev–Trinajstić information content (AvgIpc) is 2.38. The lowest BCUT2D eigenvalue weighted by atomic mass is 10.2. The standard InChI is InChI=1S/C14H20N2O4S/c1-11-3-4-13(12(2)9-11)21(19,20)16-7-5-15(6-8-16)10-14(17)18/h3-4,9H,5-8,10H2,1-2H3,(H,17,18). The van der Waals surface area contributed by atoms with Crippen molar-refractivity contribution in [2.24, 2.45) is 0 Å². The Kier molecular flexibility index (Phi) is 4.65. The zero-order valence-electron chi connectivity index (χ0n) is 12.2. The molecule has 1 aliphatic heterocycles. The van der Waals surface area contributed by atoms with E-state index in [0.717, 1.165) is 11.1 Å². The van der Waals surface area contributed by atoms with Crippen molar-refractivity contribution in [2.45, 2.75) is 18.7 Å². The number of hydrogen-bond donors (Lipinski definition) is 1. The monoisotopic (exact) mass is 312 g/mol. The molecule has 1 heterocycles. The topological polar surface area (TPSA) is 77.9 Å². The molecule has 1 aliphatic rings. The highest BCUT2D eigenvalue weighted by Gasteiger charge is 2.29. The van der Waals surface area contributed by atoms with Gasteiger partial charge in [-0.05, 0) is 25.5 Å². The van der Waals surface area contributed by atoms with Crippen molar-refractivity contribution in [1.29, 1.82) is 0 Å². The Bertz CT molecular complexity index is 634. The smallest absolute Gasteiger partial charge is 0.317 e. The molecule has 6 nitrogen and oxygen atoms in total. The molecule has 0 atom stereocenters. The van der Waals surface area contributed by atoms with E-state index in [4.69, 9.17) is 5.11 Å². The summed E-state index contributed by atoms with van der Waals surface area (Å²) in [6.45, 7) is 5.20. The molecule has 1 N–H and O–H groups in total. The summed E-state index contributed by atoms with van der Waals surface area (Å²) < 4.78 is 26.7. The number of aryl methyl sites for hydroxylation is 2. The normalized spacial score (nSPS) is 17.8. The number of piperazine rings is 1. The van der Waals surface area contributed by atoms with Crippen molar-refractivity contribution in [1.82, 2.24) is 9.21 Å². The first-order chi connectivity index (χ1) is 9.80. The fourth-order valence-electron chi connectivity index (χ4n) is 2.55. The number of benzene rings is 1. The SMILES string of the molecule is Cc1ccc(S(=O)(=O)N2CCN(CC(=O)O)CC2)c(C)c1. The molecule has 0 radical (unpaired) electrons. The van der Waals surface area contributed by atoms with Crippen molar-refractivity contribution in [3.63, 3.8) is 0 Å². The van der Waals surface area contributed by atoms with Crippen LogP contribution >= 0.6 is 0 Å². The molecule has 0 unspecified atom stereocenters. The van der Waals surface area contributed by atoms with Gasteiger partial charge in [0.05, 0.1) is 11.4 Å². The van der Waals surface area contributed by atoms with E-state index >= 15 is 0 Å². The third-order valence-electron chi connectivity index (χ3n) is 3.64. The number of sulfonamides is 1. The van der Waals surface area contributed by atoms with Gasteiger partial charge in [-0.3, -0.25) is 9.69 Å². The highest BCUT2D eigenvalue weighted by atomic mass is 32.2. The van der Waals surface area contributed by atoms with Gasteiger partial charge in [0.2, 0.25) is 10.0 Å². The van der Waals surface area contributed by atoms with E-state index in [0.29, 0.717) is 31.1 Å². The lowest BCUT2D eigenvalue weighted by molar-refractivity contribution is -0.138. The second kappa shape index (κ2) is 6.13. The van der Waals surface area contributed by atoms with Crippen LogP contribution in [0.25, 0.3) is 0 Å². The van der Waals surface area contributed by atoms with Crippen LogP contribution in [0, 0.1) is 13.8 Å². The van der Waals surface area contributed by atoms with Crippen molar-refractivity contribution < 1.29 is 18.3 Å². The van der Waals surface area contributed by atoms with Crippen LogP contribution in [0.1, 0.15) is 11.1 Å².